The summed E-state index contributed by atoms with van der Waals surface area (Å²) in [6, 6.07) is 3.87. The van der Waals surface area contributed by atoms with Crippen LogP contribution in [0.4, 0.5) is 26.3 Å². The third-order valence-electron chi connectivity index (χ3n) is 2.80. The number of aliphatic carboxylic acids is 2. The highest BCUT2D eigenvalue weighted by molar-refractivity contribution is 9.13. The molecule has 0 aromatic carbocycles. The monoisotopic (exact) mass is 568 g/mol. The predicted molar refractivity (Wildman–Crippen MR) is 96.5 cm³/mol. The summed E-state index contributed by atoms with van der Waals surface area (Å²) in [7, 11) is 0. The quantitative estimate of drug-likeness (QED) is 0.313. The molecule has 3 heterocycles. The molecule has 0 saturated heterocycles. The Morgan fingerprint density at radius 2 is 1.47 bits per heavy atom. The fourth-order valence-electron chi connectivity index (χ4n) is 1.60. The van der Waals surface area contributed by atoms with Crippen molar-refractivity contribution in [2.45, 2.75) is 12.4 Å². The van der Waals surface area contributed by atoms with E-state index in [4.69, 9.17) is 19.8 Å². The van der Waals surface area contributed by atoms with Gasteiger partial charge in [0.2, 0.25) is 0 Å². The Labute approximate surface area is 178 Å². The number of hydrogen-bond acceptors (Lipinski definition) is 4. The number of nitrogens with one attached hydrogen (secondary N) is 2. The van der Waals surface area contributed by atoms with E-state index in [9.17, 15) is 26.3 Å². The van der Waals surface area contributed by atoms with Crippen LogP contribution >= 0.6 is 31.9 Å². The average Bonchev–Trinajstić information content (AvgIpc) is 3.21. The van der Waals surface area contributed by atoms with E-state index >= 15 is 0 Å². The number of H-pyrrole nitrogens is 2. The molecule has 0 aliphatic heterocycles. The van der Waals surface area contributed by atoms with Gasteiger partial charge < -0.3 is 20.2 Å². The number of rotatable bonds is 1. The molecule has 0 saturated carbocycles. The minimum atomic E-state index is -5.08. The summed E-state index contributed by atoms with van der Waals surface area (Å²) < 4.78 is 65.3. The maximum Gasteiger partial charge on any atom is 0.490 e. The molecule has 3 rings (SSSR count). The molecular formula is C14H8Br2F6N4O4. The van der Waals surface area contributed by atoms with E-state index in [1.165, 1.54) is 0 Å². The van der Waals surface area contributed by atoms with Gasteiger partial charge in [-0.2, -0.15) is 26.3 Å². The molecule has 0 radical (unpaired) electrons. The number of alkyl halides is 6. The minimum Gasteiger partial charge on any atom is -0.475 e. The molecule has 16 heteroatoms. The highest BCUT2D eigenvalue weighted by Gasteiger charge is 2.38. The van der Waals surface area contributed by atoms with Gasteiger partial charge in [-0.15, -0.1) is 0 Å². The molecule has 164 valence electrons. The van der Waals surface area contributed by atoms with E-state index in [1.807, 2.05) is 12.1 Å². The van der Waals surface area contributed by atoms with Gasteiger partial charge in [-0.25, -0.2) is 14.6 Å². The van der Waals surface area contributed by atoms with Crippen molar-refractivity contribution >= 4 is 54.8 Å². The molecule has 0 amide bonds. The van der Waals surface area contributed by atoms with Gasteiger partial charge in [-0.1, -0.05) is 0 Å². The summed E-state index contributed by atoms with van der Waals surface area (Å²) in [4.78, 5) is 32.7. The lowest BCUT2D eigenvalue weighted by atomic mass is 10.2. The molecule has 0 spiro atoms. The number of aromatic amines is 2. The molecule has 0 unspecified atom stereocenters. The van der Waals surface area contributed by atoms with Gasteiger partial charge in [0.25, 0.3) is 0 Å². The number of nitrogens with zero attached hydrogens (tertiary/aromatic N) is 2. The lowest BCUT2D eigenvalue weighted by Crippen LogP contribution is -2.21. The first kappa shape index (κ1) is 25.4. The highest BCUT2D eigenvalue weighted by atomic mass is 79.9. The Morgan fingerprint density at radius 1 is 0.967 bits per heavy atom. The minimum absolute atomic E-state index is 0.838. The predicted octanol–water partition coefficient (Wildman–Crippen LogP) is 4.74. The first-order valence-electron chi connectivity index (χ1n) is 7.07. The normalized spacial score (nSPS) is 11.2. The molecular weight excluding hydrogens is 562 g/mol. The van der Waals surface area contributed by atoms with Crippen molar-refractivity contribution in [1.29, 1.82) is 0 Å². The number of hydrogen-bond donors (Lipinski definition) is 4. The zero-order valence-corrected chi connectivity index (χ0v) is 17.1. The Morgan fingerprint density at radius 3 is 1.87 bits per heavy atom. The second-order valence-corrected chi connectivity index (χ2v) is 6.56. The second kappa shape index (κ2) is 9.92. The summed E-state index contributed by atoms with van der Waals surface area (Å²) in [5, 5.41) is 14.2. The number of imidazole rings is 1. The number of fused-ring (bicyclic) bond motifs is 1. The Hall–Kier alpha value is -2.62. The van der Waals surface area contributed by atoms with Gasteiger partial charge in [-0.05, 0) is 44.0 Å². The molecule has 0 fully saturated rings. The maximum atomic E-state index is 10.6. The number of carboxylic acids is 2. The van der Waals surface area contributed by atoms with E-state index in [0.29, 0.717) is 0 Å². The van der Waals surface area contributed by atoms with Gasteiger partial charge in [0.05, 0.1) is 26.6 Å². The fourth-order valence-corrected chi connectivity index (χ4v) is 2.25. The number of pyridine rings is 1. The van der Waals surface area contributed by atoms with Gasteiger partial charge in [0.1, 0.15) is 11.2 Å². The van der Waals surface area contributed by atoms with Gasteiger partial charge in [-0.3, -0.25) is 4.98 Å². The molecule has 0 aliphatic rings. The van der Waals surface area contributed by atoms with Gasteiger partial charge >= 0.3 is 24.3 Å². The number of aromatic nitrogens is 4. The van der Waals surface area contributed by atoms with Crippen LogP contribution in [0.15, 0.2) is 33.7 Å². The smallest absolute Gasteiger partial charge is 0.475 e. The molecule has 8 nitrogen and oxygen atoms in total. The van der Waals surface area contributed by atoms with Crippen LogP contribution < -0.4 is 0 Å². The molecule has 30 heavy (non-hydrogen) atoms. The van der Waals surface area contributed by atoms with Crippen LogP contribution in [0.5, 0.6) is 0 Å². The Kier molecular flexibility index (Phi) is 8.41. The summed E-state index contributed by atoms with van der Waals surface area (Å²) >= 11 is 6.84. The van der Waals surface area contributed by atoms with Crippen molar-refractivity contribution in [2.75, 3.05) is 0 Å². The first-order valence-corrected chi connectivity index (χ1v) is 8.65. The summed E-state index contributed by atoms with van der Waals surface area (Å²) in [6.45, 7) is 0. The third-order valence-corrected chi connectivity index (χ3v) is 4.59. The molecule has 0 bridgehead atoms. The zero-order chi connectivity index (χ0) is 23.3. The zero-order valence-electron chi connectivity index (χ0n) is 13.9. The lowest BCUT2D eigenvalue weighted by molar-refractivity contribution is -0.193. The standard InChI is InChI=1S/C10H6Br2N4.2C2HF3O2/c11-5-3-7(16-10(5)12)9-8-6(1-2-13-9)14-4-15-8;2*3-2(4,5)1(6)7/h1-4,16H,(H,14,15);2*(H,6,7). The van der Waals surface area contributed by atoms with E-state index < -0.39 is 24.3 Å². The van der Waals surface area contributed by atoms with Gasteiger partial charge in [0, 0.05) is 6.20 Å². The van der Waals surface area contributed by atoms with Crippen molar-refractivity contribution in [3.8, 4) is 11.4 Å². The topological polar surface area (TPSA) is 132 Å². The van der Waals surface area contributed by atoms with Gasteiger partial charge in [0.15, 0.2) is 0 Å². The first-order chi connectivity index (χ1) is 13.6. The third kappa shape index (κ3) is 7.33. The number of carboxylic acid groups (broad SMARTS) is 2. The van der Waals surface area contributed by atoms with Crippen molar-refractivity contribution < 1.29 is 46.1 Å². The molecule has 4 N–H and O–H groups in total. The van der Waals surface area contributed by atoms with Crippen LogP contribution in [-0.2, 0) is 9.59 Å². The van der Waals surface area contributed by atoms with Crippen LogP contribution in [0.3, 0.4) is 0 Å². The van der Waals surface area contributed by atoms with Crippen molar-refractivity contribution in [3.63, 3.8) is 0 Å². The van der Waals surface area contributed by atoms with Crippen molar-refractivity contribution in [2.24, 2.45) is 0 Å². The SMILES string of the molecule is Brc1cc(-c2nccc3[nH]cnc23)[nH]c1Br.O=C(O)C(F)(F)F.O=C(O)C(F)(F)F. The maximum absolute atomic E-state index is 10.6. The van der Waals surface area contributed by atoms with E-state index in [-0.39, 0.29) is 0 Å². The lowest BCUT2D eigenvalue weighted by Gasteiger charge is -1.97. The second-order valence-electron chi connectivity index (χ2n) is 4.91. The van der Waals surface area contributed by atoms with Crippen LogP contribution in [0.2, 0.25) is 0 Å². The van der Waals surface area contributed by atoms with Crippen molar-refractivity contribution in [3.05, 3.63) is 33.7 Å². The number of halogens is 8. The summed E-state index contributed by atoms with van der Waals surface area (Å²) in [5.41, 5.74) is 3.61. The van der Waals surface area contributed by atoms with Crippen LogP contribution in [0.25, 0.3) is 22.4 Å². The Bertz CT molecular complexity index is 988. The van der Waals surface area contributed by atoms with E-state index in [2.05, 4.69) is 51.8 Å². The van der Waals surface area contributed by atoms with Crippen molar-refractivity contribution in [1.82, 2.24) is 19.9 Å². The van der Waals surface area contributed by atoms with E-state index in [0.717, 1.165) is 31.5 Å². The van der Waals surface area contributed by atoms with Crippen LogP contribution in [0, 0.1) is 0 Å². The largest absolute Gasteiger partial charge is 0.490 e. The Balaban J connectivity index is 0.000000271. The molecule has 3 aromatic heterocycles. The summed E-state index contributed by atoms with van der Waals surface area (Å²) in [6.07, 6.45) is -6.73. The molecule has 0 aliphatic carbocycles. The highest BCUT2D eigenvalue weighted by Crippen LogP contribution is 2.30. The van der Waals surface area contributed by atoms with Crippen LogP contribution in [-0.4, -0.2) is 54.4 Å². The van der Waals surface area contributed by atoms with Crippen LogP contribution in [0.1, 0.15) is 0 Å². The fraction of sp³-hybridized carbons (Fsp3) is 0.143. The molecule has 3 aromatic rings. The van der Waals surface area contributed by atoms with E-state index in [1.54, 1.807) is 12.5 Å². The molecule has 0 atom stereocenters. The summed E-state index contributed by atoms with van der Waals surface area (Å²) in [5.74, 6) is -5.51. The average molecular weight is 570 g/mol. The number of carbonyl (C=O) groups is 2.